The van der Waals surface area contributed by atoms with Gasteiger partial charge in [0.15, 0.2) is 0 Å². The Labute approximate surface area is 137 Å². The molecule has 2 heterocycles. The molecule has 0 aromatic heterocycles. The summed E-state index contributed by atoms with van der Waals surface area (Å²) in [6, 6.07) is -0.317. The van der Waals surface area contributed by atoms with E-state index in [1.807, 2.05) is 20.8 Å². The lowest BCUT2D eigenvalue weighted by atomic mass is 9.91. The van der Waals surface area contributed by atoms with Gasteiger partial charge in [0.1, 0.15) is 6.04 Å². The first kappa shape index (κ1) is 17.3. The number of carbonyl (C=O) groups excluding carboxylic acids is 2. The van der Waals surface area contributed by atoms with Crippen LogP contribution in [0.4, 0.5) is 0 Å². The molecule has 1 saturated heterocycles. The summed E-state index contributed by atoms with van der Waals surface area (Å²) in [7, 11) is 0. The topological polar surface area (TPSA) is 61.4 Å². The molecular weight excluding hydrogens is 298 g/mol. The summed E-state index contributed by atoms with van der Waals surface area (Å²) in [5, 5.41) is 6.26. The fourth-order valence-corrected chi connectivity index (χ4v) is 3.79. The normalized spacial score (nSPS) is 22.4. The molecule has 1 unspecified atom stereocenters. The van der Waals surface area contributed by atoms with E-state index in [0.717, 1.165) is 19.5 Å². The van der Waals surface area contributed by atoms with Crippen LogP contribution in [0.5, 0.6) is 0 Å². The molecule has 0 aromatic carbocycles. The largest absolute Gasteiger partial charge is 0.351 e. The van der Waals surface area contributed by atoms with Crippen LogP contribution in [0.1, 0.15) is 33.6 Å². The zero-order valence-corrected chi connectivity index (χ0v) is 14.6. The van der Waals surface area contributed by atoms with Crippen LogP contribution < -0.4 is 10.6 Å². The van der Waals surface area contributed by atoms with Crippen LogP contribution in [0.15, 0.2) is 11.6 Å². The van der Waals surface area contributed by atoms with E-state index < -0.39 is 0 Å². The number of hydrogen-bond donors (Lipinski definition) is 2. The van der Waals surface area contributed by atoms with Crippen molar-refractivity contribution in [2.24, 2.45) is 5.41 Å². The molecule has 0 radical (unpaired) electrons. The number of amides is 2. The Morgan fingerprint density at radius 2 is 2.23 bits per heavy atom. The average Bonchev–Trinajstić information content (AvgIpc) is 2.93. The molecule has 1 fully saturated rings. The summed E-state index contributed by atoms with van der Waals surface area (Å²) in [6.45, 7) is 8.59. The highest BCUT2D eigenvalue weighted by molar-refractivity contribution is 7.99. The van der Waals surface area contributed by atoms with Gasteiger partial charge in [-0.25, -0.2) is 0 Å². The van der Waals surface area contributed by atoms with E-state index >= 15 is 0 Å². The second-order valence-electron chi connectivity index (χ2n) is 7.15. The lowest BCUT2D eigenvalue weighted by Crippen LogP contribution is -2.48. The third-order valence-electron chi connectivity index (χ3n) is 3.83. The Kier molecular flexibility index (Phi) is 5.92. The van der Waals surface area contributed by atoms with Crippen molar-refractivity contribution in [2.45, 2.75) is 39.7 Å². The number of carbonyl (C=O) groups is 2. The van der Waals surface area contributed by atoms with Crippen LogP contribution in [0.3, 0.4) is 0 Å². The molecule has 0 bridgehead atoms. The van der Waals surface area contributed by atoms with Gasteiger partial charge < -0.3 is 15.5 Å². The zero-order valence-electron chi connectivity index (χ0n) is 13.8. The third kappa shape index (κ3) is 5.02. The monoisotopic (exact) mass is 325 g/mol. The Balaban J connectivity index is 1.87. The van der Waals surface area contributed by atoms with E-state index in [1.54, 1.807) is 16.7 Å². The lowest BCUT2D eigenvalue weighted by Gasteiger charge is -2.27. The molecule has 2 rings (SSSR count). The van der Waals surface area contributed by atoms with Gasteiger partial charge in [0.25, 0.3) is 0 Å². The first-order valence-electron chi connectivity index (χ1n) is 7.90. The molecule has 0 aromatic rings. The molecule has 0 aliphatic carbocycles. The minimum Gasteiger partial charge on any atom is -0.351 e. The highest BCUT2D eigenvalue weighted by atomic mass is 32.2. The minimum atomic E-state index is -0.317. The zero-order chi connectivity index (χ0) is 16.2. The van der Waals surface area contributed by atoms with E-state index in [9.17, 15) is 9.59 Å². The predicted octanol–water partition coefficient (Wildman–Crippen LogP) is 1.36. The van der Waals surface area contributed by atoms with Crippen LogP contribution in [0.25, 0.3) is 0 Å². The van der Waals surface area contributed by atoms with Gasteiger partial charge in [0, 0.05) is 25.3 Å². The van der Waals surface area contributed by atoms with Gasteiger partial charge in [-0.05, 0) is 18.4 Å². The molecule has 124 valence electrons. The average molecular weight is 325 g/mol. The summed E-state index contributed by atoms with van der Waals surface area (Å²) >= 11 is 1.65. The van der Waals surface area contributed by atoms with Crippen LogP contribution in [-0.4, -0.2) is 54.0 Å². The Morgan fingerprint density at radius 1 is 1.45 bits per heavy atom. The highest BCUT2D eigenvalue weighted by Gasteiger charge is 2.35. The Morgan fingerprint density at radius 3 is 2.86 bits per heavy atom. The second-order valence-corrected chi connectivity index (χ2v) is 8.15. The van der Waals surface area contributed by atoms with E-state index in [-0.39, 0.29) is 23.3 Å². The van der Waals surface area contributed by atoms with Gasteiger partial charge in [0.05, 0.1) is 5.88 Å². The van der Waals surface area contributed by atoms with Crippen LogP contribution in [-0.2, 0) is 9.59 Å². The molecule has 22 heavy (non-hydrogen) atoms. The van der Waals surface area contributed by atoms with Crippen molar-refractivity contribution in [1.29, 1.82) is 0 Å². The SMILES string of the molecule is CC(C)(C)CC(=O)N1CSCC1C(=O)NCC1=CCNCC1. The van der Waals surface area contributed by atoms with Gasteiger partial charge in [0.2, 0.25) is 11.8 Å². The van der Waals surface area contributed by atoms with E-state index in [1.165, 1.54) is 5.57 Å². The first-order valence-corrected chi connectivity index (χ1v) is 9.06. The maximum atomic E-state index is 12.4. The van der Waals surface area contributed by atoms with E-state index in [4.69, 9.17) is 0 Å². The molecule has 6 heteroatoms. The molecule has 2 aliphatic rings. The number of nitrogens with zero attached hydrogens (tertiary/aromatic N) is 1. The molecule has 2 aliphatic heterocycles. The molecule has 2 amide bonds. The highest BCUT2D eigenvalue weighted by Crippen LogP contribution is 2.26. The number of nitrogens with one attached hydrogen (secondary N) is 2. The maximum Gasteiger partial charge on any atom is 0.243 e. The van der Waals surface area contributed by atoms with Crippen molar-refractivity contribution in [3.63, 3.8) is 0 Å². The maximum absolute atomic E-state index is 12.4. The molecule has 0 saturated carbocycles. The number of hydrogen-bond acceptors (Lipinski definition) is 4. The number of rotatable bonds is 4. The smallest absolute Gasteiger partial charge is 0.243 e. The minimum absolute atomic E-state index is 0.0216. The van der Waals surface area contributed by atoms with Gasteiger partial charge in [-0.3, -0.25) is 9.59 Å². The van der Waals surface area contributed by atoms with Crippen molar-refractivity contribution in [2.75, 3.05) is 31.3 Å². The molecule has 2 N–H and O–H groups in total. The van der Waals surface area contributed by atoms with Crippen LogP contribution in [0.2, 0.25) is 0 Å². The van der Waals surface area contributed by atoms with Crippen LogP contribution in [0, 0.1) is 5.41 Å². The molecule has 1 atom stereocenters. The van der Waals surface area contributed by atoms with Gasteiger partial charge in [-0.1, -0.05) is 32.4 Å². The summed E-state index contributed by atoms with van der Waals surface area (Å²) in [5.41, 5.74) is 1.22. The third-order valence-corrected chi connectivity index (χ3v) is 4.85. The second kappa shape index (κ2) is 7.51. The number of thioether (sulfide) groups is 1. The fraction of sp³-hybridized carbons (Fsp3) is 0.750. The molecular formula is C16H27N3O2S. The van der Waals surface area contributed by atoms with Crippen molar-refractivity contribution in [3.05, 3.63) is 11.6 Å². The fourth-order valence-electron chi connectivity index (χ4n) is 2.61. The van der Waals surface area contributed by atoms with Gasteiger partial charge >= 0.3 is 0 Å². The van der Waals surface area contributed by atoms with Crippen molar-refractivity contribution < 1.29 is 9.59 Å². The molecule has 0 spiro atoms. The first-order chi connectivity index (χ1) is 10.4. The Hall–Kier alpha value is -1.01. The van der Waals surface area contributed by atoms with Gasteiger partial charge in [-0.15, -0.1) is 11.8 Å². The standard InChI is InChI=1S/C16H27N3O2S/c1-16(2,3)8-14(20)19-11-22-10-13(19)15(21)18-9-12-4-6-17-7-5-12/h4,13,17H,5-11H2,1-3H3,(H,18,21). The van der Waals surface area contributed by atoms with Crippen molar-refractivity contribution in [3.8, 4) is 0 Å². The van der Waals surface area contributed by atoms with E-state index in [2.05, 4.69) is 16.7 Å². The molecule has 5 nitrogen and oxygen atoms in total. The summed E-state index contributed by atoms with van der Waals surface area (Å²) in [4.78, 5) is 26.5. The van der Waals surface area contributed by atoms with Gasteiger partial charge in [-0.2, -0.15) is 0 Å². The summed E-state index contributed by atoms with van der Waals surface area (Å²) < 4.78 is 0. The summed E-state index contributed by atoms with van der Waals surface area (Å²) in [5.74, 6) is 1.38. The summed E-state index contributed by atoms with van der Waals surface area (Å²) in [6.07, 6.45) is 3.59. The lowest BCUT2D eigenvalue weighted by molar-refractivity contribution is -0.139. The van der Waals surface area contributed by atoms with Crippen molar-refractivity contribution >= 4 is 23.6 Å². The quantitative estimate of drug-likeness (QED) is 0.766. The van der Waals surface area contributed by atoms with Crippen LogP contribution >= 0.6 is 11.8 Å². The van der Waals surface area contributed by atoms with Crippen molar-refractivity contribution in [1.82, 2.24) is 15.5 Å². The Bertz CT molecular complexity index is 457. The predicted molar refractivity (Wildman–Crippen MR) is 90.6 cm³/mol. The van der Waals surface area contributed by atoms with E-state index in [0.29, 0.717) is 24.6 Å².